The Morgan fingerprint density at radius 1 is 1.18 bits per heavy atom. The predicted molar refractivity (Wildman–Crippen MR) is 135 cm³/mol. The lowest BCUT2D eigenvalue weighted by Crippen LogP contribution is -2.28. The number of benzene rings is 1. The summed E-state index contributed by atoms with van der Waals surface area (Å²) in [5, 5.41) is 1.94. The van der Waals surface area contributed by atoms with Crippen LogP contribution in [0.25, 0.3) is 6.08 Å². The van der Waals surface area contributed by atoms with Gasteiger partial charge in [-0.2, -0.15) is 21.6 Å². The van der Waals surface area contributed by atoms with Gasteiger partial charge in [0.05, 0.1) is 17.9 Å². The molecular formula is C24H28ClF3N2O7S. The summed E-state index contributed by atoms with van der Waals surface area (Å²) in [6.07, 6.45) is -0.228. The number of methoxy groups -OCH3 is 1. The van der Waals surface area contributed by atoms with Crippen LogP contribution in [0.5, 0.6) is 17.4 Å². The minimum Gasteiger partial charge on any atom is -0.491 e. The van der Waals surface area contributed by atoms with Gasteiger partial charge in [-0.15, -0.1) is 0 Å². The van der Waals surface area contributed by atoms with Crippen molar-refractivity contribution >= 4 is 33.9 Å². The number of rotatable bonds is 14. The number of hydrogen-bond donors (Lipinski definition) is 1. The average molecular weight is 581 g/mol. The molecule has 210 valence electrons. The topological polar surface area (TPSA) is 113 Å². The monoisotopic (exact) mass is 580 g/mol. The molecule has 0 fully saturated rings. The molecule has 0 unspecified atom stereocenters. The lowest BCUT2D eigenvalue weighted by molar-refractivity contribution is -0.137. The zero-order valence-corrected chi connectivity index (χ0v) is 22.3. The van der Waals surface area contributed by atoms with Gasteiger partial charge in [0, 0.05) is 31.5 Å². The minimum atomic E-state index is -4.62. The summed E-state index contributed by atoms with van der Waals surface area (Å²) in [5.41, 5.74) is -0.596. The SMILES string of the molecule is CCCCCS(=O)(=O)OC(=O)NCC=Cc1ccc(OCCOC)cc1Oc1ncc(C(F)(F)F)cc1Cl. The maximum atomic E-state index is 12.9. The number of halogens is 4. The van der Waals surface area contributed by atoms with E-state index in [9.17, 15) is 26.4 Å². The lowest BCUT2D eigenvalue weighted by atomic mass is 10.1. The summed E-state index contributed by atoms with van der Waals surface area (Å²) in [4.78, 5) is 15.5. The Kier molecular flexibility index (Phi) is 12.1. The van der Waals surface area contributed by atoms with Gasteiger partial charge in [-0.1, -0.05) is 43.5 Å². The predicted octanol–water partition coefficient (Wildman–Crippen LogP) is 5.83. The number of nitrogens with zero attached hydrogens (tertiary/aromatic N) is 1. The Hall–Kier alpha value is -3.03. The fourth-order valence-corrected chi connectivity index (χ4v) is 4.01. The molecule has 14 heteroatoms. The molecule has 2 aromatic rings. The third-order valence-electron chi connectivity index (χ3n) is 4.74. The van der Waals surface area contributed by atoms with Crippen LogP contribution in [-0.2, 0) is 25.2 Å². The molecule has 0 saturated heterocycles. The second-order valence-corrected chi connectivity index (χ2v) is 9.87. The van der Waals surface area contributed by atoms with Crippen molar-refractivity contribution < 1.29 is 44.8 Å². The highest BCUT2D eigenvalue weighted by Gasteiger charge is 2.32. The molecule has 0 spiro atoms. The first-order chi connectivity index (χ1) is 17.9. The molecule has 0 aliphatic carbocycles. The molecule has 38 heavy (non-hydrogen) atoms. The second kappa shape index (κ2) is 14.8. The average Bonchev–Trinajstić information content (AvgIpc) is 2.83. The fraction of sp³-hybridized carbons (Fsp3) is 0.417. The van der Waals surface area contributed by atoms with Gasteiger partial charge in [-0.3, -0.25) is 0 Å². The minimum absolute atomic E-state index is 0.0892. The zero-order chi connectivity index (χ0) is 28.2. The van der Waals surface area contributed by atoms with E-state index < -0.39 is 28.0 Å². The molecule has 1 aromatic carbocycles. The summed E-state index contributed by atoms with van der Waals surface area (Å²) in [5.74, 6) is 0.00130. The molecule has 0 saturated carbocycles. The second-order valence-electron chi connectivity index (χ2n) is 7.77. The molecule has 0 atom stereocenters. The van der Waals surface area contributed by atoms with Gasteiger partial charge in [0.2, 0.25) is 5.88 Å². The summed E-state index contributed by atoms with van der Waals surface area (Å²) < 4.78 is 83.1. The van der Waals surface area contributed by atoms with Gasteiger partial charge in [0.15, 0.2) is 0 Å². The highest BCUT2D eigenvalue weighted by Crippen LogP contribution is 2.36. The van der Waals surface area contributed by atoms with Crippen LogP contribution >= 0.6 is 11.6 Å². The highest BCUT2D eigenvalue weighted by atomic mass is 35.5. The van der Waals surface area contributed by atoms with E-state index in [1.54, 1.807) is 12.1 Å². The van der Waals surface area contributed by atoms with Crippen molar-refractivity contribution in [3.8, 4) is 17.4 Å². The van der Waals surface area contributed by atoms with E-state index in [0.29, 0.717) is 43.0 Å². The van der Waals surface area contributed by atoms with Crippen molar-refractivity contribution in [1.29, 1.82) is 0 Å². The van der Waals surface area contributed by atoms with Crippen LogP contribution in [0.1, 0.15) is 37.3 Å². The van der Waals surface area contributed by atoms with E-state index in [2.05, 4.69) is 14.5 Å². The molecule has 1 heterocycles. The Bertz CT molecular complexity index is 1210. The maximum absolute atomic E-state index is 12.9. The van der Waals surface area contributed by atoms with Crippen molar-refractivity contribution in [3.63, 3.8) is 0 Å². The molecule has 0 bridgehead atoms. The first kappa shape index (κ1) is 31.2. The summed E-state index contributed by atoms with van der Waals surface area (Å²) in [6.45, 7) is 2.38. The molecule has 1 N–H and O–H groups in total. The van der Waals surface area contributed by atoms with Gasteiger partial charge in [0.25, 0.3) is 0 Å². The number of unbranched alkanes of at least 4 members (excludes halogenated alkanes) is 2. The maximum Gasteiger partial charge on any atom is 0.423 e. The first-order valence-electron chi connectivity index (χ1n) is 11.5. The number of alkyl halides is 3. The van der Waals surface area contributed by atoms with Gasteiger partial charge in [-0.25, -0.2) is 9.78 Å². The smallest absolute Gasteiger partial charge is 0.423 e. The number of carbonyl (C=O) groups excluding carboxylic acids is 1. The van der Waals surface area contributed by atoms with Gasteiger partial charge >= 0.3 is 22.4 Å². The van der Waals surface area contributed by atoms with E-state index in [1.165, 1.54) is 25.3 Å². The van der Waals surface area contributed by atoms with E-state index >= 15 is 0 Å². The van der Waals surface area contributed by atoms with Crippen molar-refractivity contribution in [2.24, 2.45) is 0 Å². The Morgan fingerprint density at radius 2 is 1.95 bits per heavy atom. The molecule has 2 rings (SSSR count). The highest BCUT2D eigenvalue weighted by molar-refractivity contribution is 7.87. The van der Waals surface area contributed by atoms with Crippen molar-refractivity contribution in [1.82, 2.24) is 10.3 Å². The van der Waals surface area contributed by atoms with E-state index in [1.807, 2.05) is 6.92 Å². The third kappa shape index (κ3) is 10.8. The summed E-state index contributed by atoms with van der Waals surface area (Å²) in [7, 11) is -2.47. The first-order valence-corrected chi connectivity index (χ1v) is 13.4. The van der Waals surface area contributed by atoms with Gasteiger partial charge in [0.1, 0.15) is 23.1 Å². The van der Waals surface area contributed by atoms with Crippen molar-refractivity contribution in [3.05, 3.63) is 52.7 Å². The lowest BCUT2D eigenvalue weighted by Gasteiger charge is -2.13. The van der Waals surface area contributed by atoms with E-state index in [-0.39, 0.29) is 35.6 Å². The van der Waals surface area contributed by atoms with Crippen LogP contribution in [-0.4, -0.2) is 52.1 Å². The van der Waals surface area contributed by atoms with Crippen LogP contribution in [0.2, 0.25) is 5.02 Å². The van der Waals surface area contributed by atoms with Crippen LogP contribution in [0.15, 0.2) is 36.5 Å². The summed E-state index contributed by atoms with van der Waals surface area (Å²) >= 11 is 5.97. The molecule has 0 radical (unpaired) electrons. The molecule has 1 aromatic heterocycles. The number of carbonyl (C=O) groups is 1. The Labute approximate surface area is 224 Å². The Morgan fingerprint density at radius 3 is 2.61 bits per heavy atom. The van der Waals surface area contributed by atoms with E-state index in [4.69, 9.17) is 25.8 Å². The number of pyridine rings is 1. The number of hydrogen-bond acceptors (Lipinski definition) is 8. The van der Waals surface area contributed by atoms with Gasteiger partial charge < -0.3 is 23.7 Å². The molecule has 0 aliphatic heterocycles. The number of nitrogens with one attached hydrogen (secondary N) is 1. The normalized spacial score (nSPS) is 11.9. The molecule has 9 nitrogen and oxygen atoms in total. The Balaban J connectivity index is 2.13. The van der Waals surface area contributed by atoms with Crippen LogP contribution in [0.4, 0.5) is 18.0 Å². The number of aromatic nitrogens is 1. The largest absolute Gasteiger partial charge is 0.491 e. The molecule has 0 aliphatic rings. The quantitative estimate of drug-likeness (QED) is 0.219. The third-order valence-corrected chi connectivity index (χ3v) is 6.21. The van der Waals surface area contributed by atoms with Crippen LogP contribution < -0.4 is 14.8 Å². The fourth-order valence-electron chi connectivity index (χ4n) is 2.88. The van der Waals surface area contributed by atoms with Crippen molar-refractivity contribution in [2.45, 2.75) is 32.4 Å². The molecule has 1 amide bonds. The number of ether oxygens (including phenoxy) is 3. The van der Waals surface area contributed by atoms with Crippen molar-refractivity contribution in [2.75, 3.05) is 32.6 Å². The van der Waals surface area contributed by atoms with Gasteiger partial charge in [-0.05, 0) is 24.6 Å². The van der Waals surface area contributed by atoms with Crippen LogP contribution in [0.3, 0.4) is 0 Å². The molecular weight excluding hydrogens is 553 g/mol. The zero-order valence-electron chi connectivity index (χ0n) is 20.7. The van der Waals surface area contributed by atoms with E-state index in [0.717, 1.165) is 6.42 Å². The number of amides is 1. The standard InChI is InChI=1S/C24H28ClF3N2O7S/c1-3-4-5-13-38(32,33)37-23(31)29-10-6-7-17-8-9-19(35-12-11-34-2)15-21(17)36-22-20(25)14-18(16-30-22)24(26,27)28/h6-9,14-16H,3-5,10-13H2,1-2H3,(H,29,31). The van der Waals surface area contributed by atoms with Crippen LogP contribution in [0, 0.1) is 0 Å². The summed E-state index contributed by atoms with van der Waals surface area (Å²) in [6, 6.07) is 5.40.